The number of aromatic amines is 8. The second kappa shape index (κ2) is 40.9. The molecule has 2 saturated heterocycles. The summed E-state index contributed by atoms with van der Waals surface area (Å²) < 4.78 is 0. The van der Waals surface area contributed by atoms with E-state index in [0.717, 1.165) is 231 Å². The van der Waals surface area contributed by atoms with Crippen LogP contribution in [0, 0.1) is 5.41 Å². The molecule has 18 heterocycles. The number of pyridine rings is 8. The summed E-state index contributed by atoms with van der Waals surface area (Å²) in [5.41, 5.74) is 34.4. The first-order valence-corrected chi connectivity index (χ1v) is 49.5. The number of nitrogens with zero attached hydrogens (tertiary/aromatic N) is 18. The van der Waals surface area contributed by atoms with Gasteiger partial charge in [-0.1, -0.05) is 131 Å². The summed E-state index contributed by atoms with van der Waals surface area (Å²) in [7, 11) is 0. The second-order valence-corrected chi connectivity index (χ2v) is 38.4. The number of likely N-dealkylation sites (tertiary alicyclic amines) is 2. The molecule has 16 aromatic heterocycles. The van der Waals surface area contributed by atoms with Crippen LogP contribution in [-0.4, -0.2) is 168 Å². The Labute approximate surface area is 843 Å². The fourth-order valence-corrected chi connectivity index (χ4v) is 19.6. The molecule has 24 aromatic rings. The van der Waals surface area contributed by atoms with Crippen molar-refractivity contribution in [1.29, 1.82) is 0 Å². The molecule has 0 saturated carbocycles. The van der Waals surface area contributed by atoms with Crippen LogP contribution < -0.4 is 10.6 Å². The highest BCUT2D eigenvalue weighted by atomic mass is 16.2. The Kier molecular flexibility index (Phi) is 25.7. The number of benzene rings is 8. The van der Waals surface area contributed by atoms with E-state index in [1.807, 2.05) is 211 Å². The van der Waals surface area contributed by atoms with Gasteiger partial charge >= 0.3 is 0 Å². The molecule has 147 heavy (non-hydrogen) atoms. The highest BCUT2D eigenvalue weighted by Gasteiger charge is 2.26. The predicted octanol–water partition coefficient (Wildman–Crippen LogP) is 24.6. The maximum Gasteiger partial charge on any atom is 0.224 e. The molecular weight excluding hydrogens is 1830 g/mol. The number of fused-ring (bicyclic) bond motifs is 8. The van der Waals surface area contributed by atoms with Crippen LogP contribution in [0.3, 0.4) is 0 Å². The largest absolute Gasteiger partial charge is 0.337 e. The summed E-state index contributed by atoms with van der Waals surface area (Å²) in [4.78, 5) is 98.0. The van der Waals surface area contributed by atoms with E-state index in [1.54, 1.807) is 49.6 Å². The summed E-state index contributed by atoms with van der Waals surface area (Å²) in [5.74, 6) is 2.81. The summed E-state index contributed by atoms with van der Waals surface area (Å²) in [6.45, 7) is 14.7. The zero-order valence-corrected chi connectivity index (χ0v) is 81.3. The quantitative estimate of drug-likeness (QED) is 0.0319. The van der Waals surface area contributed by atoms with Crippen LogP contribution in [-0.2, 0) is 22.7 Å². The number of amides is 2. The van der Waals surface area contributed by atoms with E-state index in [9.17, 15) is 9.59 Å². The van der Waals surface area contributed by atoms with Gasteiger partial charge in [0.25, 0.3) is 0 Å². The van der Waals surface area contributed by atoms with Crippen molar-refractivity contribution in [3.8, 4) is 135 Å². The normalized spacial score (nSPS) is 12.9. The standard InChI is InChI=1S/C30H27N7O.C30H27N7.C29H25N7.C28H23N7O/c1-30(2,3)14-26(38)33-21-12-20(16-32-17-21)18-9-10-24-23(13-18)28(37-36-24)29-34-25-8-4-7-22(27(25)35-29)19-6-5-11-31-15-19;1-2-12-37(13-3-1)19-20-14-23(18-32-16-20)21-9-10-26-25(15-21)29(36-35-26)30-33-27-8-4-7-24(28(27)34-30)22-6-5-11-31-17-22;1-2-12-36(11-1)18-19-13-22(17-31-15-19)20-8-9-25-24(14-20)28(35-34-25)29-32-26-7-3-6-23(27(26)33-29)21-5-4-10-30-16-21;1-2-5-25(36)31-20-12-19(15-30-16-20)17-9-10-23-22(13-17)27(35-34-23)28-32-24-8-3-7-21(26(24)33-28)18-6-4-11-29-14-18/h4-13,15-17H,14H2,1-3H3,(H,33,38)(H,34,35)(H,36,37);4-11,14-18H,1-3,12-13,19H2,(H,33,34)(H,35,36);3-10,13-17H,1-2,11-12,18H2,(H,32,33)(H,34,35);3-4,6-16H,2,5H2,1H3,(H,31,36)(H,32,33)(H,34,35). The molecule has 30 nitrogen and oxygen atoms in total. The molecule has 2 aliphatic heterocycles. The first-order chi connectivity index (χ1) is 72.2. The Bertz CT molecular complexity index is 8910. The van der Waals surface area contributed by atoms with Crippen LogP contribution in [0.15, 0.2) is 318 Å². The Balaban J connectivity index is 0.000000108. The number of rotatable bonds is 21. The molecule has 30 heteroatoms. The third-order valence-electron chi connectivity index (χ3n) is 26.7. The summed E-state index contributed by atoms with van der Waals surface area (Å²) >= 11 is 0. The summed E-state index contributed by atoms with van der Waals surface area (Å²) in [5, 5.41) is 40.8. The third-order valence-corrected chi connectivity index (χ3v) is 26.7. The predicted molar refractivity (Wildman–Crippen MR) is 580 cm³/mol. The van der Waals surface area contributed by atoms with Gasteiger partial charge in [0.05, 0.1) is 90.0 Å². The van der Waals surface area contributed by atoms with Crippen LogP contribution in [0.1, 0.15) is 90.2 Å². The van der Waals surface area contributed by atoms with Crippen molar-refractivity contribution in [3.63, 3.8) is 0 Å². The van der Waals surface area contributed by atoms with Gasteiger partial charge in [-0.3, -0.25) is 79.7 Å². The minimum atomic E-state index is -0.0900. The Morgan fingerprint density at radius 3 is 0.905 bits per heavy atom. The van der Waals surface area contributed by atoms with Crippen LogP contribution >= 0.6 is 0 Å². The Morgan fingerprint density at radius 1 is 0.299 bits per heavy atom. The molecule has 10 N–H and O–H groups in total. The summed E-state index contributed by atoms with van der Waals surface area (Å²) in [6.07, 6.45) is 37.5. The van der Waals surface area contributed by atoms with Gasteiger partial charge < -0.3 is 30.6 Å². The average molecular weight is 1930 g/mol. The molecular formula is C117H102N28O2. The van der Waals surface area contributed by atoms with Crippen molar-refractivity contribution < 1.29 is 9.59 Å². The topological polar surface area (TPSA) is 397 Å². The van der Waals surface area contributed by atoms with Crippen molar-refractivity contribution in [2.24, 2.45) is 5.41 Å². The van der Waals surface area contributed by atoms with Crippen molar-refractivity contribution in [2.75, 3.05) is 36.8 Å². The maximum atomic E-state index is 12.4. The van der Waals surface area contributed by atoms with Gasteiger partial charge in [0.2, 0.25) is 11.8 Å². The molecule has 0 atom stereocenters. The van der Waals surface area contributed by atoms with E-state index < -0.39 is 0 Å². The number of hydrogen-bond donors (Lipinski definition) is 10. The fourth-order valence-electron chi connectivity index (χ4n) is 19.6. The van der Waals surface area contributed by atoms with Crippen LogP contribution in [0.25, 0.3) is 223 Å². The van der Waals surface area contributed by atoms with Crippen LogP contribution in [0.5, 0.6) is 0 Å². The van der Waals surface area contributed by atoms with Gasteiger partial charge in [-0.25, -0.2) is 19.9 Å². The van der Waals surface area contributed by atoms with Crippen molar-refractivity contribution in [1.82, 2.24) is 130 Å². The number of para-hydroxylation sites is 4. The average Bonchev–Trinajstić information content (AvgIpc) is 1.63. The van der Waals surface area contributed by atoms with Crippen molar-refractivity contribution in [3.05, 3.63) is 329 Å². The van der Waals surface area contributed by atoms with Gasteiger partial charge in [0.15, 0.2) is 23.3 Å². The van der Waals surface area contributed by atoms with Crippen LogP contribution in [0.2, 0.25) is 0 Å². The number of hydrogen-bond acceptors (Lipinski definition) is 20. The van der Waals surface area contributed by atoms with Crippen molar-refractivity contribution in [2.45, 2.75) is 92.2 Å². The lowest BCUT2D eigenvalue weighted by Crippen LogP contribution is -2.29. The molecule has 0 unspecified atom stereocenters. The molecule has 0 spiro atoms. The van der Waals surface area contributed by atoms with Crippen LogP contribution in [0.4, 0.5) is 11.4 Å². The van der Waals surface area contributed by atoms with Gasteiger partial charge in [-0.2, -0.15) is 20.4 Å². The minimum absolute atomic E-state index is 0.0143. The molecule has 0 aliphatic carbocycles. The molecule has 0 bridgehead atoms. The lowest BCUT2D eigenvalue weighted by molar-refractivity contribution is -0.118. The number of carbonyl (C=O) groups excluding carboxylic acids is 2. The van der Waals surface area contributed by atoms with E-state index in [-0.39, 0.29) is 17.2 Å². The van der Waals surface area contributed by atoms with E-state index in [4.69, 9.17) is 19.9 Å². The number of H-pyrrole nitrogens is 8. The monoisotopic (exact) mass is 1930 g/mol. The molecule has 2 amide bonds. The van der Waals surface area contributed by atoms with E-state index >= 15 is 0 Å². The fraction of sp³-hybridized carbons (Fsp3) is 0.162. The molecule has 2 aliphatic rings. The van der Waals surface area contributed by atoms with E-state index in [0.29, 0.717) is 35.9 Å². The van der Waals surface area contributed by atoms with Gasteiger partial charge in [0.1, 0.15) is 22.8 Å². The molecule has 8 aromatic carbocycles. The van der Waals surface area contributed by atoms with E-state index in [1.165, 1.54) is 69.4 Å². The number of imidazole rings is 4. The molecule has 26 rings (SSSR count). The van der Waals surface area contributed by atoms with E-state index in [2.05, 4.69) is 206 Å². The second-order valence-electron chi connectivity index (χ2n) is 38.4. The Hall–Kier alpha value is -18.4. The minimum Gasteiger partial charge on any atom is -0.337 e. The van der Waals surface area contributed by atoms with Gasteiger partial charge in [-0.05, 0) is 218 Å². The lowest BCUT2D eigenvalue weighted by atomic mass is 9.92. The molecule has 722 valence electrons. The van der Waals surface area contributed by atoms with Crippen molar-refractivity contribution >= 4 is 111 Å². The smallest absolute Gasteiger partial charge is 0.224 e. The highest BCUT2D eigenvalue weighted by molar-refractivity contribution is 6.04. The number of aromatic nitrogens is 24. The summed E-state index contributed by atoms with van der Waals surface area (Å²) in [6, 6.07) is 73.7. The number of anilines is 2. The first-order valence-electron chi connectivity index (χ1n) is 49.5. The lowest BCUT2D eigenvalue weighted by Gasteiger charge is -2.26. The maximum absolute atomic E-state index is 12.4. The number of carbonyl (C=O) groups is 2. The zero-order valence-electron chi connectivity index (χ0n) is 81.3. The molecule has 2 fully saturated rings. The zero-order chi connectivity index (χ0) is 99.3. The first kappa shape index (κ1) is 92.3. The van der Waals surface area contributed by atoms with Gasteiger partial charge in [0, 0.05) is 201 Å². The number of piperidine rings is 1. The highest BCUT2D eigenvalue weighted by Crippen LogP contribution is 2.41. The number of nitrogens with one attached hydrogen (secondary N) is 10. The Morgan fingerprint density at radius 2 is 0.599 bits per heavy atom. The third kappa shape index (κ3) is 20.1. The molecule has 0 radical (unpaired) electrons. The SMILES string of the molecule is CC(C)(C)CC(=O)Nc1cncc(-c2ccc3[nH]nc(-c4nc5c(-c6cccnc6)cccc5[nH]4)c3c2)c1.CCCC(=O)Nc1cncc(-c2ccc3[nH]nc(-c4nc5c(-c6cccnc6)cccc5[nH]4)c3c2)c1.c1cncc(-c2cccc3[nH]c(-c4n[nH]c5ccc(-c6cncc(CN7CCCC7)c6)cc45)nc23)c1.c1cncc(-c2cccc3[nH]c(-c4n[nH]c5ccc(-c6cncc(CN7CCCCC7)c6)cc45)nc23)c1. The van der Waals surface area contributed by atoms with Gasteiger partial charge in [-0.15, -0.1) is 0 Å².